The van der Waals surface area contributed by atoms with Crippen LogP contribution in [0.1, 0.15) is 12.8 Å². The van der Waals surface area contributed by atoms with Gasteiger partial charge in [-0.25, -0.2) is 13.1 Å². The number of halogens is 3. The number of hydrogen-bond acceptors (Lipinski definition) is 5. The molecular formula is C14H18F3N3O4S. The number of piperidine rings is 1. The Bertz CT molecular complexity index is 707. The minimum Gasteiger partial charge on any atom is -0.406 e. The fourth-order valence-corrected chi connectivity index (χ4v) is 3.38. The van der Waals surface area contributed by atoms with Gasteiger partial charge in [0.2, 0.25) is 15.9 Å². The minimum absolute atomic E-state index is 0.129. The molecular weight excluding hydrogens is 363 g/mol. The van der Waals surface area contributed by atoms with E-state index in [1.165, 1.54) is 4.90 Å². The summed E-state index contributed by atoms with van der Waals surface area (Å²) in [4.78, 5) is 13.2. The van der Waals surface area contributed by atoms with Crippen molar-refractivity contribution in [1.82, 2.24) is 9.62 Å². The lowest BCUT2D eigenvalue weighted by atomic mass is 10.1. The maximum absolute atomic E-state index is 12.1. The number of nitrogens with zero attached hydrogens (tertiary/aromatic N) is 1. The molecule has 1 unspecified atom stereocenters. The van der Waals surface area contributed by atoms with Gasteiger partial charge in [0.15, 0.2) is 0 Å². The van der Waals surface area contributed by atoms with Crippen molar-refractivity contribution >= 4 is 15.9 Å². The second kappa shape index (κ2) is 7.58. The van der Waals surface area contributed by atoms with Crippen molar-refractivity contribution in [3.8, 4) is 5.75 Å². The predicted molar refractivity (Wildman–Crippen MR) is 82.1 cm³/mol. The molecule has 0 radical (unpaired) electrons. The van der Waals surface area contributed by atoms with Crippen LogP contribution in [-0.2, 0) is 14.8 Å². The molecule has 140 valence electrons. The van der Waals surface area contributed by atoms with Gasteiger partial charge in [-0.2, -0.15) is 0 Å². The van der Waals surface area contributed by atoms with Crippen LogP contribution in [0.15, 0.2) is 29.2 Å². The Morgan fingerprint density at radius 1 is 1.32 bits per heavy atom. The van der Waals surface area contributed by atoms with Gasteiger partial charge in [0.25, 0.3) is 0 Å². The molecule has 11 heteroatoms. The molecule has 1 aromatic carbocycles. The molecule has 1 aliphatic heterocycles. The first-order valence-corrected chi connectivity index (χ1v) is 8.94. The van der Waals surface area contributed by atoms with Gasteiger partial charge in [0.1, 0.15) is 5.75 Å². The van der Waals surface area contributed by atoms with E-state index in [1.54, 1.807) is 0 Å². The van der Waals surface area contributed by atoms with Gasteiger partial charge in [-0.1, -0.05) is 0 Å². The van der Waals surface area contributed by atoms with E-state index in [1.807, 2.05) is 0 Å². The molecule has 0 aliphatic carbocycles. The van der Waals surface area contributed by atoms with Crippen molar-refractivity contribution in [1.29, 1.82) is 0 Å². The van der Waals surface area contributed by atoms with Crippen molar-refractivity contribution in [2.24, 2.45) is 5.73 Å². The van der Waals surface area contributed by atoms with Crippen molar-refractivity contribution < 1.29 is 31.1 Å². The minimum atomic E-state index is -4.86. The number of carbonyl (C=O) groups is 1. The van der Waals surface area contributed by atoms with E-state index >= 15 is 0 Å². The number of rotatable bonds is 5. The summed E-state index contributed by atoms with van der Waals surface area (Å²) in [5, 5.41) is 0. The number of likely N-dealkylation sites (tertiary alicyclic amines) is 1. The van der Waals surface area contributed by atoms with E-state index in [0.717, 1.165) is 37.1 Å². The molecule has 0 bridgehead atoms. The summed E-state index contributed by atoms with van der Waals surface area (Å²) in [6.45, 7) is 0.428. The van der Waals surface area contributed by atoms with Gasteiger partial charge in [-0.3, -0.25) is 4.79 Å². The molecule has 0 aromatic heterocycles. The number of alkyl halides is 3. The van der Waals surface area contributed by atoms with Crippen LogP contribution in [0, 0.1) is 0 Å². The lowest BCUT2D eigenvalue weighted by Crippen LogP contribution is -2.48. The van der Waals surface area contributed by atoms with Crippen LogP contribution in [-0.4, -0.2) is 51.3 Å². The third kappa shape index (κ3) is 5.87. The van der Waals surface area contributed by atoms with E-state index in [2.05, 4.69) is 9.46 Å². The quantitative estimate of drug-likeness (QED) is 0.786. The Labute approximate surface area is 143 Å². The molecule has 1 aromatic rings. The number of amides is 1. The Morgan fingerprint density at radius 2 is 1.96 bits per heavy atom. The highest BCUT2D eigenvalue weighted by molar-refractivity contribution is 7.89. The third-order valence-electron chi connectivity index (χ3n) is 3.59. The van der Waals surface area contributed by atoms with Gasteiger partial charge in [0, 0.05) is 19.1 Å². The smallest absolute Gasteiger partial charge is 0.406 e. The lowest BCUT2D eigenvalue weighted by Gasteiger charge is -2.30. The number of nitrogens with one attached hydrogen (secondary N) is 1. The number of hydrogen-bond donors (Lipinski definition) is 2. The van der Waals surface area contributed by atoms with Gasteiger partial charge < -0.3 is 15.4 Å². The van der Waals surface area contributed by atoms with Crippen LogP contribution >= 0.6 is 0 Å². The highest BCUT2D eigenvalue weighted by atomic mass is 32.2. The molecule has 1 amide bonds. The number of benzene rings is 1. The standard InChI is InChI=1S/C14H18F3N3O4S/c15-14(16,17)24-11-3-5-12(6-4-11)25(22,23)19-8-13(21)20-7-1-2-10(18)9-20/h3-6,10,19H,1-2,7-9,18H2. The number of carbonyl (C=O) groups excluding carboxylic acids is 1. The van der Waals surface area contributed by atoms with E-state index in [4.69, 9.17) is 5.73 Å². The molecule has 1 heterocycles. The zero-order chi connectivity index (χ0) is 18.7. The van der Waals surface area contributed by atoms with Crippen LogP contribution < -0.4 is 15.2 Å². The van der Waals surface area contributed by atoms with Gasteiger partial charge in [-0.05, 0) is 37.1 Å². The Morgan fingerprint density at radius 3 is 2.52 bits per heavy atom. The van der Waals surface area contributed by atoms with Crippen molar-refractivity contribution in [3.05, 3.63) is 24.3 Å². The van der Waals surface area contributed by atoms with E-state index in [0.29, 0.717) is 13.1 Å². The van der Waals surface area contributed by atoms with Gasteiger partial charge >= 0.3 is 6.36 Å². The maximum Gasteiger partial charge on any atom is 0.573 e. The van der Waals surface area contributed by atoms with Crippen LogP contribution in [0.5, 0.6) is 5.75 Å². The van der Waals surface area contributed by atoms with E-state index in [9.17, 15) is 26.4 Å². The monoisotopic (exact) mass is 381 g/mol. The third-order valence-corrected chi connectivity index (χ3v) is 5.01. The van der Waals surface area contributed by atoms with Crippen LogP contribution in [0.25, 0.3) is 0 Å². The molecule has 1 aliphatic rings. The summed E-state index contributed by atoms with van der Waals surface area (Å²) >= 11 is 0. The fourth-order valence-electron chi connectivity index (χ4n) is 2.41. The number of sulfonamides is 1. The summed E-state index contributed by atoms with van der Waals surface area (Å²) in [5.41, 5.74) is 5.77. The van der Waals surface area contributed by atoms with Crippen LogP contribution in [0.3, 0.4) is 0 Å². The zero-order valence-corrected chi connectivity index (χ0v) is 13.9. The first-order valence-electron chi connectivity index (χ1n) is 7.46. The summed E-state index contributed by atoms with van der Waals surface area (Å²) in [6, 6.07) is 3.56. The first kappa shape index (κ1) is 19.5. The molecule has 0 spiro atoms. The molecule has 3 N–H and O–H groups in total. The highest BCUT2D eigenvalue weighted by Gasteiger charge is 2.31. The molecule has 1 saturated heterocycles. The largest absolute Gasteiger partial charge is 0.573 e. The maximum atomic E-state index is 12.1. The highest BCUT2D eigenvalue weighted by Crippen LogP contribution is 2.23. The fraction of sp³-hybridized carbons (Fsp3) is 0.500. The number of ether oxygens (including phenoxy) is 1. The SMILES string of the molecule is NC1CCCN(C(=O)CNS(=O)(=O)c2ccc(OC(F)(F)F)cc2)C1. The first-order chi connectivity index (χ1) is 11.6. The summed E-state index contributed by atoms with van der Waals surface area (Å²) < 4.78 is 66.3. The predicted octanol–water partition coefficient (Wildman–Crippen LogP) is 0.813. The number of nitrogens with two attached hydrogens (primary N) is 1. The molecule has 1 fully saturated rings. The molecule has 7 nitrogen and oxygen atoms in total. The second-order valence-electron chi connectivity index (χ2n) is 5.59. The van der Waals surface area contributed by atoms with Crippen molar-refractivity contribution in [2.45, 2.75) is 30.1 Å². The van der Waals surface area contributed by atoms with Gasteiger partial charge in [0.05, 0.1) is 11.4 Å². The average Bonchev–Trinajstić information content (AvgIpc) is 2.51. The Kier molecular flexibility index (Phi) is 5.91. The van der Waals surface area contributed by atoms with Crippen molar-refractivity contribution in [3.63, 3.8) is 0 Å². The molecule has 25 heavy (non-hydrogen) atoms. The lowest BCUT2D eigenvalue weighted by molar-refractivity contribution is -0.274. The Balaban J connectivity index is 1.95. The average molecular weight is 381 g/mol. The zero-order valence-electron chi connectivity index (χ0n) is 13.1. The summed E-state index contributed by atoms with van der Waals surface area (Å²) in [7, 11) is -4.03. The summed E-state index contributed by atoms with van der Waals surface area (Å²) in [5.74, 6) is -0.944. The molecule has 1 atom stereocenters. The van der Waals surface area contributed by atoms with E-state index < -0.39 is 34.6 Å². The van der Waals surface area contributed by atoms with Gasteiger partial charge in [-0.15, -0.1) is 13.2 Å². The van der Waals surface area contributed by atoms with E-state index in [-0.39, 0.29) is 10.9 Å². The Hall–Kier alpha value is -1.85. The molecule has 0 saturated carbocycles. The normalized spacial score (nSPS) is 18.9. The van der Waals surface area contributed by atoms with Crippen LogP contribution in [0.4, 0.5) is 13.2 Å². The van der Waals surface area contributed by atoms with Crippen molar-refractivity contribution in [2.75, 3.05) is 19.6 Å². The molecule has 2 rings (SSSR count). The topological polar surface area (TPSA) is 102 Å². The van der Waals surface area contributed by atoms with Crippen LogP contribution in [0.2, 0.25) is 0 Å². The summed E-state index contributed by atoms with van der Waals surface area (Å²) in [6.07, 6.45) is -3.30. The second-order valence-corrected chi connectivity index (χ2v) is 7.35.